The maximum atomic E-state index is 12.2. The summed E-state index contributed by atoms with van der Waals surface area (Å²) in [7, 11) is 0. The summed E-state index contributed by atoms with van der Waals surface area (Å²) in [5, 5.41) is 11.7. The van der Waals surface area contributed by atoms with Gasteiger partial charge >= 0.3 is 12.1 Å². The second kappa shape index (κ2) is 8.04. The fraction of sp³-hybridized carbons (Fsp3) is 0.320. The minimum atomic E-state index is -0.855. The van der Waals surface area contributed by atoms with Crippen molar-refractivity contribution in [2.45, 2.75) is 18.4 Å². The highest BCUT2D eigenvalue weighted by Gasteiger charge is 2.56. The Bertz CT molecular complexity index is 1120. The van der Waals surface area contributed by atoms with E-state index in [1.54, 1.807) is 0 Å². The van der Waals surface area contributed by atoms with Gasteiger partial charge in [0, 0.05) is 18.5 Å². The monoisotopic (exact) mass is 430 g/mol. The molecule has 2 amide bonds. The molecule has 32 heavy (non-hydrogen) atoms. The molecule has 6 rings (SSSR count). The van der Waals surface area contributed by atoms with Crippen LogP contribution < -0.4 is 5.32 Å². The predicted molar refractivity (Wildman–Crippen MR) is 116 cm³/mol. The number of amides is 2. The third kappa shape index (κ3) is 3.38. The summed E-state index contributed by atoms with van der Waals surface area (Å²) in [5.41, 5.74) is 4.59. The van der Waals surface area contributed by atoms with Crippen LogP contribution in [0, 0.1) is 23.7 Å². The normalized spacial score (nSPS) is 22.1. The number of carboxylic acid groups (broad SMARTS) is 1. The number of alkyl carbamates (subject to hydrolysis) is 1. The van der Waals surface area contributed by atoms with Gasteiger partial charge in [-0.25, -0.2) is 4.79 Å². The van der Waals surface area contributed by atoms with Crippen LogP contribution in [0.2, 0.25) is 0 Å². The summed E-state index contributed by atoms with van der Waals surface area (Å²) in [6.45, 7) is 0.626. The second-order valence-electron chi connectivity index (χ2n) is 8.37. The molecule has 2 aliphatic heterocycles. The lowest BCUT2D eigenvalue weighted by Crippen LogP contribution is -2.44. The molecule has 1 saturated carbocycles. The molecular weight excluding hydrogens is 408 g/mol. The number of nitrogens with one attached hydrogen (secondary N) is 1. The van der Waals surface area contributed by atoms with Crippen molar-refractivity contribution >= 4 is 18.0 Å². The van der Waals surface area contributed by atoms with Crippen molar-refractivity contribution in [3.8, 4) is 23.0 Å². The van der Waals surface area contributed by atoms with Crippen molar-refractivity contribution in [1.29, 1.82) is 0 Å². The number of hydrogen-bond donors (Lipinski definition) is 2. The van der Waals surface area contributed by atoms with Crippen LogP contribution in [0.5, 0.6) is 0 Å². The summed E-state index contributed by atoms with van der Waals surface area (Å²) >= 11 is 0. The highest BCUT2D eigenvalue weighted by Crippen LogP contribution is 2.46. The van der Waals surface area contributed by atoms with Crippen LogP contribution in [0.3, 0.4) is 0 Å². The van der Waals surface area contributed by atoms with E-state index in [2.05, 4.69) is 41.4 Å². The minimum absolute atomic E-state index is 0.0211. The summed E-state index contributed by atoms with van der Waals surface area (Å²) in [5.74, 6) is 3.41. The Balaban J connectivity index is 1.13. The molecule has 2 heterocycles. The summed E-state index contributed by atoms with van der Waals surface area (Å²) < 4.78 is 5.43. The quantitative estimate of drug-likeness (QED) is 0.727. The number of hydrogen-bond acceptors (Lipinski definition) is 4. The SMILES string of the molecule is O=C(NCC#CC(=O)N1CC2CC1C2C(=O)O)OCC1c2ccccc2-c2ccccc21. The first-order valence-corrected chi connectivity index (χ1v) is 10.7. The van der Waals surface area contributed by atoms with Gasteiger partial charge in [0.1, 0.15) is 6.61 Å². The van der Waals surface area contributed by atoms with Crippen molar-refractivity contribution in [3.05, 3.63) is 59.7 Å². The first-order chi connectivity index (χ1) is 15.5. The summed E-state index contributed by atoms with van der Waals surface area (Å²) in [4.78, 5) is 37.1. The third-order valence-electron chi connectivity index (χ3n) is 6.70. The molecule has 2 bridgehead atoms. The molecule has 2 saturated heterocycles. The molecule has 4 aliphatic rings. The van der Waals surface area contributed by atoms with Crippen LogP contribution in [-0.4, -0.2) is 53.7 Å². The molecule has 7 nitrogen and oxygen atoms in total. The Labute approximate surface area is 185 Å². The predicted octanol–water partition coefficient (Wildman–Crippen LogP) is 2.46. The van der Waals surface area contributed by atoms with Crippen molar-refractivity contribution in [1.82, 2.24) is 10.2 Å². The number of carbonyl (C=O) groups is 3. The first-order valence-electron chi connectivity index (χ1n) is 10.7. The Morgan fingerprint density at radius 3 is 2.34 bits per heavy atom. The van der Waals surface area contributed by atoms with Crippen LogP contribution >= 0.6 is 0 Å². The van der Waals surface area contributed by atoms with Gasteiger partial charge in [-0.05, 0) is 40.5 Å². The van der Waals surface area contributed by atoms with E-state index in [4.69, 9.17) is 4.74 Å². The van der Waals surface area contributed by atoms with Gasteiger partial charge in [-0.3, -0.25) is 9.59 Å². The smallest absolute Gasteiger partial charge is 0.407 e. The Hall–Kier alpha value is -3.79. The third-order valence-corrected chi connectivity index (χ3v) is 6.70. The Kier molecular flexibility index (Phi) is 5.06. The fourth-order valence-corrected chi connectivity index (χ4v) is 5.18. The molecule has 0 radical (unpaired) electrons. The van der Waals surface area contributed by atoms with Gasteiger partial charge in [0.2, 0.25) is 0 Å². The summed E-state index contributed by atoms with van der Waals surface area (Å²) in [6, 6.07) is 16.0. The van der Waals surface area contributed by atoms with E-state index in [1.165, 1.54) is 4.90 Å². The zero-order valence-corrected chi connectivity index (χ0v) is 17.3. The molecule has 0 aromatic heterocycles. The lowest BCUT2D eigenvalue weighted by Gasteiger charge is -2.32. The largest absolute Gasteiger partial charge is 0.481 e. The van der Waals surface area contributed by atoms with Crippen LogP contribution in [0.15, 0.2) is 48.5 Å². The van der Waals surface area contributed by atoms with Crippen molar-refractivity contribution in [2.75, 3.05) is 19.7 Å². The highest BCUT2D eigenvalue weighted by atomic mass is 16.5. The number of aliphatic carboxylic acids is 1. The van der Waals surface area contributed by atoms with Gasteiger partial charge in [0.15, 0.2) is 0 Å². The van der Waals surface area contributed by atoms with Crippen LogP contribution in [0.1, 0.15) is 23.5 Å². The minimum Gasteiger partial charge on any atom is -0.481 e. The molecule has 2 N–H and O–H groups in total. The van der Waals surface area contributed by atoms with Gasteiger partial charge in [0.05, 0.1) is 12.5 Å². The van der Waals surface area contributed by atoms with Crippen LogP contribution in [-0.2, 0) is 14.3 Å². The van der Waals surface area contributed by atoms with Crippen LogP contribution in [0.25, 0.3) is 11.1 Å². The van der Waals surface area contributed by atoms with Gasteiger partial charge in [-0.15, -0.1) is 0 Å². The van der Waals surface area contributed by atoms with Crippen LogP contribution in [0.4, 0.5) is 4.79 Å². The maximum absolute atomic E-state index is 12.2. The van der Waals surface area contributed by atoms with Crippen molar-refractivity contribution in [2.24, 2.45) is 11.8 Å². The average Bonchev–Trinajstić information content (AvgIpc) is 3.46. The van der Waals surface area contributed by atoms with E-state index in [1.807, 2.05) is 24.3 Å². The second-order valence-corrected chi connectivity index (χ2v) is 8.37. The van der Waals surface area contributed by atoms with Crippen molar-refractivity contribution < 1.29 is 24.2 Å². The van der Waals surface area contributed by atoms with E-state index < -0.39 is 23.9 Å². The molecule has 7 heteroatoms. The number of ether oxygens (including phenoxy) is 1. The van der Waals surface area contributed by atoms with E-state index in [0.717, 1.165) is 28.7 Å². The van der Waals surface area contributed by atoms with Gasteiger partial charge in [0.25, 0.3) is 5.91 Å². The highest BCUT2D eigenvalue weighted by molar-refractivity contribution is 5.95. The Morgan fingerprint density at radius 1 is 1.06 bits per heavy atom. The van der Waals surface area contributed by atoms with Gasteiger partial charge in [-0.2, -0.15) is 0 Å². The van der Waals surface area contributed by atoms with Gasteiger partial charge in [-0.1, -0.05) is 54.5 Å². The maximum Gasteiger partial charge on any atom is 0.407 e. The number of rotatable bonds is 4. The molecule has 2 aromatic carbocycles. The van der Waals surface area contributed by atoms with E-state index in [-0.39, 0.29) is 31.0 Å². The number of fused-ring (bicyclic) bond motifs is 4. The molecule has 0 spiro atoms. The zero-order valence-electron chi connectivity index (χ0n) is 17.3. The molecular formula is C25H22N2O5. The van der Waals surface area contributed by atoms with E-state index in [9.17, 15) is 19.5 Å². The van der Waals surface area contributed by atoms with Crippen molar-refractivity contribution in [3.63, 3.8) is 0 Å². The average molecular weight is 430 g/mol. The molecule has 162 valence electrons. The topological polar surface area (TPSA) is 95.9 Å². The number of carboxylic acids is 1. The molecule has 3 atom stereocenters. The first kappa shape index (κ1) is 20.1. The van der Waals surface area contributed by atoms with E-state index >= 15 is 0 Å². The lowest BCUT2D eigenvalue weighted by molar-refractivity contribution is -0.148. The van der Waals surface area contributed by atoms with Gasteiger partial charge < -0.3 is 20.1 Å². The molecule has 2 aliphatic carbocycles. The Morgan fingerprint density at radius 2 is 1.72 bits per heavy atom. The molecule has 3 unspecified atom stereocenters. The lowest BCUT2D eigenvalue weighted by atomic mass is 9.74. The molecule has 3 fully saturated rings. The van der Waals surface area contributed by atoms with E-state index in [0.29, 0.717) is 6.54 Å². The zero-order chi connectivity index (χ0) is 22.2. The summed E-state index contributed by atoms with van der Waals surface area (Å²) in [6.07, 6.45) is 0.130. The standard InChI is InChI=1S/C25H22N2O5/c28-22(27-13-15-12-21(27)23(15)24(29)30)10-5-11-26-25(31)32-14-20-18-8-3-1-6-16(18)17-7-2-4-9-19(17)20/h1-4,6-9,15,20-21,23H,11-14H2,(H,26,31)(H,29,30). The number of carbonyl (C=O) groups excluding carboxylic acids is 2. The molecule has 2 aromatic rings. The fourth-order valence-electron chi connectivity index (χ4n) is 5.18. The number of benzene rings is 2. The number of nitrogens with zero attached hydrogens (tertiary/aromatic N) is 1.